The van der Waals surface area contributed by atoms with Crippen LogP contribution < -0.4 is 5.73 Å². The fourth-order valence-corrected chi connectivity index (χ4v) is 3.21. The Morgan fingerprint density at radius 2 is 1.85 bits per heavy atom. The number of halogens is 1. The van der Waals surface area contributed by atoms with Gasteiger partial charge in [0, 0.05) is 16.7 Å². The summed E-state index contributed by atoms with van der Waals surface area (Å²) >= 11 is 8.13. The van der Waals surface area contributed by atoms with Crippen molar-refractivity contribution in [2.24, 2.45) is 5.73 Å². The van der Waals surface area contributed by atoms with Crippen LogP contribution in [0.15, 0.2) is 53.4 Å². The fraction of sp³-hybridized carbons (Fsp3) is 0.294. The highest BCUT2D eigenvalue weighted by atomic mass is 35.5. The summed E-state index contributed by atoms with van der Waals surface area (Å²) in [7, 11) is 0. The summed E-state index contributed by atoms with van der Waals surface area (Å²) < 4.78 is 0. The highest BCUT2D eigenvalue weighted by Gasteiger charge is 2.06. The maximum absolute atomic E-state index is 6.36. The third-order valence-electron chi connectivity index (χ3n) is 3.26. The minimum absolute atomic E-state index is 0.217. The summed E-state index contributed by atoms with van der Waals surface area (Å²) in [5.74, 6) is 0.939. The van der Waals surface area contributed by atoms with Gasteiger partial charge < -0.3 is 5.73 Å². The molecule has 0 amide bonds. The Hall–Kier alpha value is -0.960. The standard InChI is InChI=1S/C17H20ClNS/c1-2-15(19)10-14-8-9-17(16(18)11-14)20-12-13-6-4-3-5-7-13/h3-9,11,15H,2,10,12,19H2,1H3. The van der Waals surface area contributed by atoms with E-state index in [1.165, 1.54) is 11.1 Å². The van der Waals surface area contributed by atoms with E-state index in [1.807, 2.05) is 12.1 Å². The van der Waals surface area contributed by atoms with Crippen LogP contribution in [0.1, 0.15) is 24.5 Å². The molecule has 0 fully saturated rings. The van der Waals surface area contributed by atoms with E-state index in [9.17, 15) is 0 Å². The molecule has 3 heteroatoms. The monoisotopic (exact) mass is 305 g/mol. The van der Waals surface area contributed by atoms with Crippen LogP contribution in [0, 0.1) is 0 Å². The van der Waals surface area contributed by atoms with Gasteiger partial charge in [-0.25, -0.2) is 0 Å². The molecule has 2 rings (SSSR count). The second-order valence-corrected chi connectivity index (χ2v) is 6.34. The van der Waals surface area contributed by atoms with Crippen molar-refractivity contribution in [3.8, 4) is 0 Å². The van der Waals surface area contributed by atoms with Crippen LogP contribution in [-0.2, 0) is 12.2 Å². The van der Waals surface area contributed by atoms with Gasteiger partial charge in [0.2, 0.25) is 0 Å². The first-order valence-electron chi connectivity index (χ1n) is 6.89. The minimum atomic E-state index is 0.217. The van der Waals surface area contributed by atoms with Crippen molar-refractivity contribution in [2.75, 3.05) is 0 Å². The summed E-state index contributed by atoms with van der Waals surface area (Å²) in [6.45, 7) is 2.11. The lowest BCUT2D eigenvalue weighted by Gasteiger charge is -2.11. The lowest BCUT2D eigenvalue weighted by Crippen LogP contribution is -2.21. The Morgan fingerprint density at radius 1 is 1.10 bits per heavy atom. The number of nitrogens with two attached hydrogens (primary N) is 1. The summed E-state index contributed by atoms with van der Waals surface area (Å²) in [5.41, 5.74) is 8.51. The number of thioether (sulfide) groups is 1. The normalized spacial score (nSPS) is 12.3. The number of hydrogen-bond acceptors (Lipinski definition) is 2. The van der Waals surface area contributed by atoms with Crippen molar-refractivity contribution in [1.29, 1.82) is 0 Å². The van der Waals surface area contributed by atoms with Crippen molar-refractivity contribution in [1.82, 2.24) is 0 Å². The molecule has 0 bridgehead atoms. The van der Waals surface area contributed by atoms with Gasteiger partial charge in [0.05, 0.1) is 5.02 Å². The fourth-order valence-electron chi connectivity index (χ4n) is 1.97. The second kappa shape index (κ2) is 7.72. The van der Waals surface area contributed by atoms with Crippen molar-refractivity contribution in [2.45, 2.75) is 36.5 Å². The van der Waals surface area contributed by atoms with E-state index in [-0.39, 0.29) is 6.04 Å². The molecule has 0 aliphatic carbocycles. The predicted octanol–water partition coefficient (Wildman–Crippen LogP) is 4.91. The van der Waals surface area contributed by atoms with Gasteiger partial charge >= 0.3 is 0 Å². The molecule has 0 saturated heterocycles. The van der Waals surface area contributed by atoms with Crippen LogP contribution in [0.3, 0.4) is 0 Å². The van der Waals surface area contributed by atoms with Crippen LogP contribution in [0.2, 0.25) is 5.02 Å². The zero-order valence-electron chi connectivity index (χ0n) is 11.7. The van der Waals surface area contributed by atoms with E-state index >= 15 is 0 Å². The molecule has 1 nitrogen and oxygen atoms in total. The quantitative estimate of drug-likeness (QED) is 0.767. The van der Waals surface area contributed by atoms with E-state index in [0.717, 1.165) is 28.5 Å². The number of rotatable bonds is 6. The van der Waals surface area contributed by atoms with E-state index in [0.29, 0.717) is 0 Å². The van der Waals surface area contributed by atoms with Crippen molar-refractivity contribution >= 4 is 23.4 Å². The van der Waals surface area contributed by atoms with Crippen LogP contribution in [0.4, 0.5) is 0 Å². The van der Waals surface area contributed by atoms with Crippen molar-refractivity contribution < 1.29 is 0 Å². The summed E-state index contributed by atoms with van der Waals surface area (Å²) in [5, 5.41) is 0.826. The molecule has 1 atom stereocenters. The molecule has 0 saturated carbocycles. The molecule has 2 aromatic rings. The Morgan fingerprint density at radius 3 is 2.50 bits per heavy atom. The zero-order chi connectivity index (χ0) is 14.4. The Bertz CT molecular complexity index is 542. The van der Waals surface area contributed by atoms with Gasteiger partial charge in [0.1, 0.15) is 0 Å². The van der Waals surface area contributed by atoms with Crippen LogP contribution in [0.5, 0.6) is 0 Å². The molecule has 106 valence electrons. The third kappa shape index (κ3) is 4.55. The van der Waals surface area contributed by atoms with Crippen LogP contribution >= 0.6 is 23.4 Å². The molecular formula is C17H20ClNS. The second-order valence-electron chi connectivity index (χ2n) is 4.91. The van der Waals surface area contributed by atoms with Gasteiger partial charge in [-0.2, -0.15) is 0 Å². The minimum Gasteiger partial charge on any atom is -0.327 e. The molecule has 1 unspecified atom stereocenters. The molecule has 20 heavy (non-hydrogen) atoms. The van der Waals surface area contributed by atoms with E-state index in [1.54, 1.807) is 11.8 Å². The van der Waals surface area contributed by atoms with Crippen molar-refractivity contribution in [3.63, 3.8) is 0 Å². The molecule has 0 spiro atoms. The first kappa shape index (κ1) is 15.4. The first-order chi connectivity index (χ1) is 9.69. The Kier molecular flexibility index (Phi) is 5.96. The van der Waals surface area contributed by atoms with Gasteiger partial charge in [0.15, 0.2) is 0 Å². The molecular weight excluding hydrogens is 286 g/mol. The molecule has 0 heterocycles. The number of benzene rings is 2. The van der Waals surface area contributed by atoms with Crippen LogP contribution in [-0.4, -0.2) is 6.04 Å². The topological polar surface area (TPSA) is 26.0 Å². The molecule has 2 aromatic carbocycles. The van der Waals surface area contributed by atoms with Gasteiger partial charge in [-0.15, -0.1) is 11.8 Å². The molecule has 2 N–H and O–H groups in total. The lowest BCUT2D eigenvalue weighted by molar-refractivity contribution is 0.646. The highest BCUT2D eigenvalue weighted by Crippen LogP contribution is 2.30. The zero-order valence-corrected chi connectivity index (χ0v) is 13.3. The summed E-state index contributed by atoms with van der Waals surface area (Å²) in [4.78, 5) is 1.13. The average molecular weight is 306 g/mol. The summed E-state index contributed by atoms with van der Waals surface area (Å²) in [6, 6.07) is 16.9. The van der Waals surface area contributed by atoms with Crippen molar-refractivity contribution in [3.05, 3.63) is 64.7 Å². The molecule has 0 aliphatic heterocycles. The van der Waals surface area contributed by atoms with Gasteiger partial charge in [-0.3, -0.25) is 0 Å². The summed E-state index contributed by atoms with van der Waals surface area (Å²) in [6.07, 6.45) is 1.88. The molecule has 0 aliphatic rings. The van der Waals surface area contributed by atoms with E-state index < -0.39 is 0 Å². The molecule has 0 aromatic heterocycles. The lowest BCUT2D eigenvalue weighted by atomic mass is 10.1. The Balaban J connectivity index is 1.99. The van der Waals surface area contributed by atoms with Gasteiger partial charge in [-0.1, -0.05) is 54.9 Å². The number of hydrogen-bond donors (Lipinski definition) is 1. The van der Waals surface area contributed by atoms with E-state index in [2.05, 4.69) is 43.3 Å². The Labute approximate surface area is 130 Å². The predicted molar refractivity (Wildman–Crippen MR) is 89.4 cm³/mol. The third-order valence-corrected chi connectivity index (χ3v) is 4.83. The van der Waals surface area contributed by atoms with Gasteiger partial charge in [-0.05, 0) is 36.1 Å². The maximum atomic E-state index is 6.36. The first-order valence-corrected chi connectivity index (χ1v) is 8.26. The van der Waals surface area contributed by atoms with E-state index in [4.69, 9.17) is 17.3 Å². The maximum Gasteiger partial charge on any atom is 0.0544 e. The SMILES string of the molecule is CCC(N)Cc1ccc(SCc2ccccc2)c(Cl)c1. The average Bonchev–Trinajstić information content (AvgIpc) is 2.47. The smallest absolute Gasteiger partial charge is 0.0544 e. The van der Waals surface area contributed by atoms with Gasteiger partial charge in [0.25, 0.3) is 0 Å². The highest BCUT2D eigenvalue weighted by molar-refractivity contribution is 7.98. The van der Waals surface area contributed by atoms with Crippen LogP contribution in [0.25, 0.3) is 0 Å². The molecule has 0 radical (unpaired) electrons. The largest absolute Gasteiger partial charge is 0.327 e.